The largest absolute Gasteiger partial charge is 2.00 e. The summed E-state index contributed by atoms with van der Waals surface area (Å²) in [5.74, 6) is 1.72. The molecule has 0 fully saturated rings. The molecule has 6 heteroatoms. The van der Waals surface area contributed by atoms with Crippen LogP contribution in [0.15, 0.2) is 152 Å². The molecule has 280 valence electrons. The third kappa shape index (κ3) is 5.56. The van der Waals surface area contributed by atoms with Crippen LogP contribution in [0.3, 0.4) is 0 Å². The van der Waals surface area contributed by atoms with Gasteiger partial charge in [0.05, 0.1) is 11.0 Å². The molecule has 4 aromatic heterocycles. The summed E-state index contributed by atoms with van der Waals surface area (Å²) in [5.41, 5.74) is 17.4. The van der Waals surface area contributed by atoms with E-state index in [1.807, 2.05) is 18.3 Å². The van der Waals surface area contributed by atoms with E-state index in [-0.39, 0.29) is 21.1 Å². The molecular weight excluding hydrogens is 890 g/mol. The zero-order valence-electron chi connectivity index (χ0n) is 32.5. The SMILES string of the molecule is Cc1ccnc(-n2c3[c-]c(-c4cccc5c4nc(-c4cccc6c4[n-]c4ccccc46)n5-c4ccccc4)ccc3c3ccc(-c4c(C)cc(C)cc4C)cc32)c1.[Pt+2]. The van der Waals surface area contributed by atoms with Gasteiger partial charge in [-0.25, -0.2) is 9.97 Å². The second-order valence-electron chi connectivity index (χ2n) is 15.3. The van der Waals surface area contributed by atoms with E-state index in [0.717, 1.165) is 88.8 Å². The fourth-order valence-corrected chi connectivity index (χ4v) is 9.09. The van der Waals surface area contributed by atoms with Gasteiger partial charge in [0.2, 0.25) is 0 Å². The van der Waals surface area contributed by atoms with E-state index in [4.69, 9.17) is 15.0 Å². The summed E-state index contributed by atoms with van der Waals surface area (Å²) in [6.45, 7) is 8.70. The average Bonchev–Trinajstić information content (AvgIpc) is 3.90. The molecule has 4 heterocycles. The van der Waals surface area contributed by atoms with Crippen molar-refractivity contribution in [3.8, 4) is 45.1 Å². The number of hydrogen-bond donors (Lipinski definition) is 0. The molecule has 0 aliphatic heterocycles. The standard InChI is InChI=1S/C52H37N5.Pt/c1-31-24-25-53-48(28-31)57-46-29-35(20-22-40(46)41-23-21-36(30-47(41)57)49-33(3)26-32(2)27-34(49)4)38-15-11-19-45-51(38)55-52(56(45)37-12-6-5-7-13-37)43-17-10-16-42-39-14-8-9-18-44(39)54-50(42)43;/h5-28,30H,1-4H3;/q-2;+2. The van der Waals surface area contributed by atoms with Crippen LogP contribution in [0.25, 0.3) is 99.8 Å². The Balaban J connectivity index is 0.00000408. The smallest absolute Gasteiger partial charge is 0.656 e. The predicted octanol–water partition coefficient (Wildman–Crippen LogP) is 12.8. The molecule has 0 amide bonds. The molecule has 0 atom stereocenters. The molecule has 0 spiro atoms. The van der Waals surface area contributed by atoms with Crippen LogP contribution in [0, 0.1) is 33.8 Å². The van der Waals surface area contributed by atoms with Gasteiger partial charge in [-0.2, -0.15) is 0 Å². The molecule has 11 rings (SSSR count). The molecular formula is C52H37N5Pt. The normalized spacial score (nSPS) is 11.7. The minimum Gasteiger partial charge on any atom is -0.656 e. The number of rotatable bonds is 5. The number of pyridine rings is 1. The van der Waals surface area contributed by atoms with E-state index in [1.165, 1.54) is 33.2 Å². The number of fused-ring (bicyclic) bond motifs is 7. The number of benzene rings is 7. The molecule has 11 aromatic rings. The first-order chi connectivity index (χ1) is 27.9. The summed E-state index contributed by atoms with van der Waals surface area (Å²) >= 11 is 0. The summed E-state index contributed by atoms with van der Waals surface area (Å²) in [5, 5.41) is 4.57. The van der Waals surface area contributed by atoms with Gasteiger partial charge in [-0.3, -0.25) is 4.57 Å². The van der Waals surface area contributed by atoms with Crippen molar-refractivity contribution in [3.63, 3.8) is 0 Å². The van der Waals surface area contributed by atoms with Gasteiger partial charge >= 0.3 is 21.1 Å². The van der Waals surface area contributed by atoms with Crippen molar-refractivity contribution in [1.82, 2.24) is 24.1 Å². The van der Waals surface area contributed by atoms with Gasteiger partial charge in [-0.15, -0.1) is 34.8 Å². The van der Waals surface area contributed by atoms with Crippen LogP contribution in [0.4, 0.5) is 0 Å². The Morgan fingerprint density at radius 3 is 2.14 bits per heavy atom. The Kier molecular flexibility index (Phi) is 8.54. The van der Waals surface area contributed by atoms with E-state index >= 15 is 0 Å². The monoisotopic (exact) mass is 926 g/mol. The number of para-hydroxylation sites is 4. The molecule has 58 heavy (non-hydrogen) atoms. The second-order valence-corrected chi connectivity index (χ2v) is 15.3. The maximum atomic E-state index is 5.52. The molecule has 7 aromatic carbocycles. The van der Waals surface area contributed by atoms with Crippen molar-refractivity contribution in [2.45, 2.75) is 27.7 Å². The summed E-state index contributed by atoms with van der Waals surface area (Å²) in [7, 11) is 0. The first-order valence-corrected chi connectivity index (χ1v) is 19.4. The fraction of sp³-hybridized carbons (Fsp3) is 0.0769. The average molecular weight is 927 g/mol. The van der Waals surface area contributed by atoms with Crippen molar-refractivity contribution in [1.29, 1.82) is 0 Å². The van der Waals surface area contributed by atoms with Crippen LogP contribution in [-0.2, 0) is 21.1 Å². The number of hydrogen-bond acceptors (Lipinski definition) is 2. The molecule has 0 bridgehead atoms. The van der Waals surface area contributed by atoms with Crippen molar-refractivity contribution in [2.75, 3.05) is 0 Å². The quantitative estimate of drug-likeness (QED) is 0.162. The molecule has 5 nitrogen and oxygen atoms in total. The van der Waals surface area contributed by atoms with Crippen LogP contribution in [-0.4, -0.2) is 19.1 Å². The van der Waals surface area contributed by atoms with Crippen LogP contribution in [0.2, 0.25) is 0 Å². The van der Waals surface area contributed by atoms with Crippen molar-refractivity contribution < 1.29 is 21.1 Å². The van der Waals surface area contributed by atoms with Gasteiger partial charge < -0.3 is 9.55 Å². The van der Waals surface area contributed by atoms with Crippen LogP contribution in [0.1, 0.15) is 22.3 Å². The zero-order chi connectivity index (χ0) is 38.4. The van der Waals surface area contributed by atoms with E-state index in [0.29, 0.717) is 0 Å². The third-order valence-corrected chi connectivity index (χ3v) is 11.5. The van der Waals surface area contributed by atoms with Crippen molar-refractivity contribution in [2.24, 2.45) is 0 Å². The van der Waals surface area contributed by atoms with Crippen LogP contribution >= 0.6 is 0 Å². The Morgan fingerprint density at radius 2 is 1.31 bits per heavy atom. The van der Waals surface area contributed by atoms with E-state index in [2.05, 4.69) is 176 Å². The van der Waals surface area contributed by atoms with E-state index in [9.17, 15) is 0 Å². The van der Waals surface area contributed by atoms with Crippen LogP contribution < -0.4 is 4.98 Å². The third-order valence-electron chi connectivity index (χ3n) is 11.5. The number of nitrogens with zero attached hydrogens (tertiary/aromatic N) is 5. The van der Waals surface area contributed by atoms with E-state index in [1.54, 1.807) is 0 Å². The maximum Gasteiger partial charge on any atom is 2.00 e. The Labute approximate surface area is 350 Å². The molecule has 0 saturated heterocycles. The topological polar surface area (TPSA) is 49.7 Å². The zero-order valence-corrected chi connectivity index (χ0v) is 34.8. The number of imidazole rings is 1. The number of aryl methyl sites for hydroxylation is 4. The second kappa shape index (κ2) is 13.8. The summed E-state index contributed by atoms with van der Waals surface area (Å²) in [6, 6.07) is 55.7. The Hall–Kier alpha value is -6.55. The minimum absolute atomic E-state index is 0. The van der Waals surface area contributed by atoms with Gasteiger partial charge in [0.25, 0.3) is 0 Å². The van der Waals surface area contributed by atoms with E-state index < -0.39 is 0 Å². The van der Waals surface area contributed by atoms with Gasteiger partial charge in [-0.1, -0.05) is 114 Å². The van der Waals surface area contributed by atoms with Gasteiger partial charge in [-0.05, 0) is 114 Å². The first-order valence-electron chi connectivity index (χ1n) is 19.4. The van der Waals surface area contributed by atoms with Gasteiger partial charge in [0, 0.05) is 23.0 Å². The van der Waals surface area contributed by atoms with Crippen molar-refractivity contribution in [3.05, 3.63) is 180 Å². The van der Waals surface area contributed by atoms with Crippen molar-refractivity contribution >= 4 is 54.6 Å². The van der Waals surface area contributed by atoms with Crippen LogP contribution in [0.5, 0.6) is 0 Å². The number of aromatic nitrogens is 5. The summed E-state index contributed by atoms with van der Waals surface area (Å²) in [4.78, 5) is 15.6. The molecule has 0 radical (unpaired) electrons. The maximum absolute atomic E-state index is 5.52. The summed E-state index contributed by atoms with van der Waals surface area (Å²) < 4.78 is 4.56. The minimum atomic E-state index is 0. The Bertz CT molecular complexity index is 3380. The Morgan fingerprint density at radius 1 is 0.569 bits per heavy atom. The molecule has 0 aliphatic rings. The molecule has 0 N–H and O–H groups in total. The van der Waals surface area contributed by atoms with Gasteiger partial charge in [0.15, 0.2) is 0 Å². The molecule has 0 saturated carbocycles. The summed E-state index contributed by atoms with van der Waals surface area (Å²) in [6.07, 6.45) is 1.90. The fourth-order valence-electron chi connectivity index (χ4n) is 9.09. The van der Waals surface area contributed by atoms with Gasteiger partial charge in [0.1, 0.15) is 11.6 Å². The predicted molar refractivity (Wildman–Crippen MR) is 236 cm³/mol. The molecule has 0 unspecified atom stereocenters. The molecule has 0 aliphatic carbocycles. The first kappa shape index (κ1) is 35.8.